The van der Waals surface area contributed by atoms with Gasteiger partial charge in [-0.3, -0.25) is 0 Å². The van der Waals surface area contributed by atoms with E-state index in [1.807, 2.05) is 0 Å². The lowest BCUT2D eigenvalue weighted by Gasteiger charge is -2.27. The van der Waals surface area contributed by atoms with Gasteiger partial charge in [-0.15, -0.1) is 0 Å². The molecule has 0 spiro atoms. The molecule has 4 heterocycles. The van der Waals surface area contributed by atoms with E-state index in [1.54, 1.807) is 0 Å². The third-order valence-corrected chi connectivity index (χ3v) is 6.42. The van der Waals surface area contributed by atoms with Crippen LogP contribution in [0.3, 0.4) is 0 Å². The second-order valence-corrected chi connectivity index (χ2v) is 9.44. The van der Waals surface area contributed by atoms with Crippen molar-refractivity contribution in [1.29, 1.82) is 0 Å². The maximum atomic E-state index is 6.31. The van der Waals surface area contributed by atoms with Crippen molar-refractivity contribution in [3.05, 3.63) is 47.5 Å². The van der Waals surface area contributed by atoms with E-state index in [4.69, 9.17) is 24.7 Å². The monoisotopic (exact) mass is 452 g/mol. The minimum Gasteiger partial charge on any atom is -0.397 e. The highest BCUT2D eigenvalue weighted by Gasteiger charge is 2.32. The molecule has 8 heteroatoms. The van der Waals surface area contributed by atoms with E-state index in [-0.39, 0.29) is 0 Å². The van der Waals surface area contributed by atoms with E-state index < -0.39 is 0 Å². The van der Waals surface area contributed by atoms with Crippen LogP contribution in [0.2, 0.25) is 0 Å². The first-order chi connectivity index (χ1) is 16.2. The second kappa shape index (κ2) is 9.02. The number of hydrogen-bond donors (Lipinski definition) is 3. The maximum absolute atomic E-state index is 6.31. The number of nitrogens with one attached hydrogen (secondary N) is 2. The Labute approximate surface area is 194 Å². The molecule has 4 fully saturated rings. The van der Waals surface area contributed by atoms with E-state index in [0.717, 1.165) is 76.1 Å². The SMILES string of the molecule is Nc1cc(Cc2ccc(N(CC3CO3)CC3CO3)c(NCC3CO3)c2)ccc1NCC1CO1. The van der Waals surface area contributed by atoms with E-state index >= 15 is 0 Å². The van der Waals surface area contributed by atoms with Gasteiger partial charge in [0.05, 0.1) is 73.6 Å². The molecule has 0 bridgehead atoms. The Kier molecular flexibility index (Phi) is 5.75. The van der Waals surface area contributed by atoms with Crippen molar-refractivity contribution >= 4 is 22.7 Å². The molecule has 33 heavy (non-hydrogen) atoms. The predicted molar refractivity (Wildman–Crippen MR) is 128 cm³/mol. The molecule has 4 aliphatic heterocycles. The number of nitrogens with two attached hydrogens (primary N) is 1. The molecule has 0 aliphatic carbocycles. The van der Waals surface area contributed by atoms with Crippen LogP contribution in [-0.2, 0) is 25.4 Å². The van der Waals surface area contributed by atoms with Crippen LogP contribution in [0.1, 0.15) is 11.1 Å². The molecule has 4 N–H and O–H groups in total. The highest BCUT2D eigenvalue weighted by Crippen LogP contribution is 2.32. The Morgan fingerprint density at radius 3 is 1.85 bits per heavy atom. The maximum Gasteiger partial charge on any atom is 0.0984 e. The van der Waals surface area contributed by atoms with Crippen LogP contribution in [-0.4, -0.2) is 77.0 Å². The van der Waals surface area contributed by atoms with Gasteiger partial charge < -0.3 is 40.2 Å². The van der Waals surface area contributed by atoms with Gasteiger partial charge in [-0.2, -0.15) is 0 Å². The number of benzene rings is 2. The van der Waals surface area contributed by atoms with Crippen molar-refractivity contribution in [3.63, 3.8) is 0 Å². The molecule has 0 amide bonds. The zero-order valence-electron chi connectivity index (χ0n) is 18.8. The van der Waals surface area contributed by atoms with Gasteiger partial charge in [0.2, 0.25) is 0 Å². The molecule has 4 atom stereocenters. The molecule has 0 saturated carbocycles. The first-order valence-electron chi connectivity index (χ1n) is 11.9. The average molecular weight is 453 g/mol. The van der Waals surface area contributed by atoms with Crippen molar-refractivity contribution in [3.8, 4) is 0 Å². The summed E-state index contributed by atoms with van der Waals surface area (Å²) in [5, 5.41) is 7.00. The largest absolute Gasteiger partial charge is 0.397 e. The summed E-state index contributed by atoms with van der Waals surface area (Å²) in [5.74, 6) is 0. The number of ether oxygens (including phenoxy) is 4. The molecular weight excluding hydrogens is 420 g/mol. The van der Waals surface area contributed by atoms with Crippen LogP contribution in [0.5, 0.6) is 0 Å². The number of nitrogens with zero attached hydrogens (tertiary/aromatic N) is 1. The number of hydrogen-bond acceptors (Lipinski definition) is 8. The number of nitrogen functional groups attached to an aromatic ring is 1. The highest BCUT2D eigenvalue weighted by atomic mass is 16.6. The summed E-state index contributed by atoms with van der Waals surface area (Å²) in [6.07, 6.45) is 2.11. The smallest absolute Gasteiger partial charge is 0.0984 e. The summed E-state index contributed by atoms with van der Waals surface area (Å²) in [5.41, 5.74) is 12.8. The molecule has 4 aliphatic rings. The third kappa shape index (κ3) is 5.89. The lowest BCUT2D eigenvalue weighted by molar-refractivity contribution is 0.389. The number of rotatable bonds is 13. The molecule has 176 valence electrons. The van der Waals surface area contributed by atoms with Gasteiger partial charge in [0.15, 0.2) is 0 Å². The predicted octanol–water partition coefficient (Wildman–Crippen LogP) is 2.08. The van der Waals surface area contributed by atoms with E-state index in [1.165, 1.54) is 16.8 Å². The summed E-state index contributed by atoms with van der Waals surface area (Å²) in [7, 11) is 0. The molecule has 0 radical (unpaired) electrons. The van der Waals surface area contributed by atoms with Gasteiger partial charge in [0.1, 0.15) is 0 Å². The molecule has 4 saturated heterocycles. The zero-order valence-corrected chi connectivity index (χ0v) is 18.8. The topological polar surface area (TPSA) is 103 Å². The van der Waals surface area contributed by atoms with E-state index in [2.05, 4.69) is 51.9 Å². The van der Waals surface area contributed by atoms with Crippen LogP contribution in [0.4, 0.5) is 22.7 Å². The van der Waals surface area contributed by atoms with Crippen molar-refractivity contribution in [1.82, 2.24) is 0 Å². The summed E-state index contributed by atoms with van der Waals surface area (Å²) in [6.45, 7) is 6.78. The van der Waals surface area contributed by atoms with Gasteiger partial charge in [0.25, 0.3) is 0 Å². The second-order valence-electron chi connectivity index (χ2n) is 9.44. The first kappa shape index (κ1) is 21.0. The van der Waals surface area contributed by atoms with Crippen LogP contribution < -0.4 is 21.3 Å². The van der Waals surface area contributed by atoms with Crippen molar-refractivity contribution in [2.45, 2.75) is 30.8 Å². The standard InChI is InChI=1S/C25H32N4O4/c26-22-6-16(1-3-23(22)27-8-18-12-30-18)5-17-2-4-25(24(7-17)28-9-19-13-31-19)29(10-20-14-32-20)11-21-15-33-21/h1-4,6-7,18-21,27-28H,5,8-15,26H2. The molecule has 0 aromatic heterocycles. The Hall–Kier alpha value is -2.52. The minimum atomic E-state index is 0.314. The van der Waals surface area contributed by atoms with Crippen molar-refractivity contribution < 1.29 is 18.9 Å². The lowest BCUT2D eigenvalue weighted by Crippen LogP contribution is -2.32. The fraction of sp³-hybridized carbons (Fsp3) is 0.520. The minimum absolute atomic E-state index is 0.314. The van der Waals surface area contributed by atoms with E-state index in [9.17, 15) is 0 Å². The Balaban J connectivity index is 1.19. The third-order valence-electron chi connectivity index (χ3n) is 6.42. The zero-order chi connectivity index (χ0) is 22.2. The fourth-order valence-electron chi connectivity index (χ4n) is 4.16. The fourth-order valence-corrected chi connectivity index (χ4v) is 4.16. The molecule has 6 rings (SSSR count). The van der Waals surface area contributed by atoms with Crippen LogP contribution >= 0.6 is 0 Å². The van der Waals surface area contributed by atoms with Gasteiger partial charge in [-0.25, -0.2) is 0 Å². The Morgan fingerprint density at radius 2 is 1.27 bits per heavy atom. The summed E-state index contributed by atoms with van der Waals surface area (Å²) in [6, 6.07) is 13.0. The van der Waals surface area contributed by atoms with Crippen molar-refractivity contribution in [2.75, 3.05) is 73.9 Å². The van der Waals surface area contributed by atoms with E-state index in [0.29, 0.717) is 24.4 Å². The van der Waals surface area contributed by atoms with Gasteiger partial charge in [-0.05, 0) is 41.8 Å². The van der Waals surface area contributed by atoms with Gasteiger partial charge in [-0.1, -0.05) is 12.1 Å². The summed E-state index contributed by atoms with van der Waals surface area (Å²) in [4.78, 5) is 2.40. The molecule has 2 aromatic rings. The quantitative estimate of drug-likeness (QED) is 0.314. The summed E-state index contributed by atoms with van der Waals surface area (Å²) < 4.78 is 21.7. The molecule has 8 nitrogen and oxygen atoms in total. The lowest BCUT2D eigenvalue weighted by atomic mass is 10.0. The van der Waals surface area contributed by atoms with Crippen LogP contribution in [0, 0.1) is 0 Å². The average Bonchev–Trinajstić information content (AvgIpc) is 3.60. The summed E-state index contributed by atoms with van der Waals surface area (Å²) >= 11 is 0. The first-order valence-corrected chi connectivity index (χ1v) is 11.9. The Bertz CT molecular complexity index is 972. The highest BCUT2D eigenvalue weighted by molar-refractivity contribution is 5.72. The van der Waals surface area contributed by atoms with Gasteiger partial charge >= 0.3 is 0 Å². The van der Waals surface area contributed by atoms with Crippen molar-refractivity contribution in [2.24, 2.45) is 0 Å². The normalized spacial score (nSPS) is 26.5. The number of anilines is 4. The number of epoxide rings is 4. The van der Waals surface area contributed by atoms with Gasteiger partial charge in [0, 0.05) is 26.2 Å². The van der Waals surface area contributed by atoms with Crippen LogP contribution in [0.15, 0.2) is 36.4 Å². The van der Waals surface area contributed by atoms with Crippen LogP contribution in [0.25, 0.3) is 0 Å². The molecular formula is C25H32N4O4. The molecule has 2 aromatic carbocycles. The Morgan fingerprint density at radius 1 is 0.727 bits per heavy atom. The molecule has 4 unspecified atom stereocenters.